The maximum atomic E-state index is 12.1. The van der Waals surface area contributed by atoms with Crippen LogP contribution in [0.2, 0.25) is 0 Å². The van der Waals surface area contributed by atoms with Gasteiger partial charge in [-0.05, 0) is 42.5 Å². The number of amides is 2. The minimum atomic E-state index is -3.76. The minimum absolute atomic E-state index is 0.0239. The van der Waals surface area contributed by atoms with E-state index >= 15 is 0 Å². The maximum Gasteiger partial charge on any atom is 0.257 e. The van der Waals surface area contributed by atoms with Crippen LogP contribution in [0.25, 0.3) is 0 Å². The molecule has 2 amide bonds. The molecule has 0 aromatic heterocycles. The SMILES string of the molecule is CS(=O)(=O)c1cc(C(=O)NC(=N)N)ccc1Oc1ccc(C(=O)NC(=N)N)cc1. The van der Waals surface area contributed by atoms with Gasteiger partial charge in [0.1, 0.15) is 16.4 Å². The molecule has 2 rings (SSSR count). The summed E-state index contributed by atoms with van der Waals surface area (Å²) in [6, 6.07) is 9.39. The number of hydrogen-bond donors (Lipinski definition) is 6. The number of benzene rings is 2. The zero-order chi connectivity index (χ0) is 21.8. The first-order valence-electron chi connectivity index (χ1n) is 7.90. The van der Waals surface area contributed by atoms with Gasteiger partial charge in [0.25, 0.3) is 11.8 Å². The predicted octanol–water partition coefficient (Wildman–Crippen LogP) is 0.129. The van der Waals surface area contributed by atoms with Crippen LogP contribution in [0.1, 0.15) is 20.7 Å². The van der Waals surface area contributed by atoms with Gasteiger partial charge in [-0.1, -0.05) is 0 Å². The number of nitrogens with one attached hydrogen (secondary N) is 4. The highest BCUT2D eigenvalue weighted by Crippen LogP contribution is 2.30. The fourth-order valence-corrected chi connectivity index (χ4v) is 3.03. The molecule has 8 N–H and O–H groups in total. The Morgan fingerprint density at radius 1 is 0.897 bits per heavy atom. The smallest absolute Gasteiger partial charge is 0.257 e. The van der Waals surface area contributed by atoms with Crippen molar-refractivity contribution < 1.29 is 22.7 Å². The van der Waals surface area contributed by atoms with Crippen molar-refractivity contribution in [1.82, 2.24) is 10.6 Å². The normalized spacial score (nSPS) is 10.7. The second kappa shape index (κ2) is 8.39. The van der Waals surface area contributed by atoms with Gasteiger partial charge in [0.05, 0.1) is 0 Å². The molecule has 11 nitrogen and oxygen atoms in total. The molecule has 0 unspecified atom stereocenters. The van der Waals surface area contributed by atoms with Crippen molar-refractivity contribution in [3.8, 4) is 11.5 Å². The molecule has 0 spiro atoms. The molecule has 0 saturated carbocycles. The fraction of sp³-hybridized carbons (Fsp3) is 0.0588. The van der Waals surface area contributed by atoms with Crippen LogP contribution in [0, 0.1) is 10.8 Å². The first-order chi connectivity index (χ1) is 13.5. The summed E-state index contributed by atoms with van der Waals surface area (Å²) < 4.78 is 29.8. The average molecular weight is 418 g/mol. The summed E-state index contributed by atoms with van der Waals surface area (Å²) in [6.45, 7) is 0. The molecule has 152 valence electrons. The lowest BCUT2D eigenvalue weighted by Gasteiger charge is -2.12. The van der Waals surface area contributed by atoms with E-state index in [0.29, 0.717) is 0 Å². The molecule has 0 aliphatic heterocycles. The van der Waals surface area contributed by atoms with Crippen molar-refractivity contribution in [3.05, 3.63) is 53.6 Å². The van der Waals surface area contributed by atoms with Gasteiger partial charge in [0, 0.05) is 17.4 Å². The van der Waals surface area contributed by atoms with E-state index in [0.717, 1.165) is 12.3 Å². The van der Waals surface area contributed by atoms with Gasteiger partial charge in [-0.3, -0.25) is 31.0 Å². The minimum Gasteiger partial charge on any atom is -0.456 e. The Balaban J connectivity index is 2.32. The molecule has 0 heterocycles. The summed E-state index contributed by atoms with van der Waals surface area (Å²) >= 11 is 0. The van der Waals surface area contributed by atoms with E-state index in [1.165, 1.54) is 36.4 Å². The summed E-state index contributed by atoms with van der Waals surface area (Å²) in [4.78, 5) is 23.5. The van der Waals surface area contributed by atoms with Crippen LogP contribution in [-0.2, 0) is 9.84 Å². The van der Waals surface area contributed by atoms with E-state index in [1.54, 1.807) is 0 Å². The Hall–Kier alpha value is -3.93. The number of rotatable bonds is 5. The lowest BCUT2D eigenvalue weighted by atomic mass is 10.2. The van der Waals surface area contributed by atoms with Gasteiger partial charge in [0.2, 0.25) is 0 Å². The van der Waals surface area contributed by atoms with E-state index in [-0.39, 0.29) is 27.5 Å². The summed E-state index contributed by atoms with van der Waals surface area (Å²) in [5.74, 6) is -2.20. The van der Waals surface area contributed by atoms with Crippen LogP contribution in [0.4, 0.5) is 0 Å². The Kier molecular flexibility index (Phi) is 6.18. The largest absolute Gasteiger partial charge is 0.456 e. The van der Waals surface area contributed by atoms with Gasteiger partial charge in [-0.15, -0.1) is 0 Å². The van der Waals surface area contributed by atoms with Gasteiger partial charge in [0.15, 0.2) is 21.8 Å². The summed E-state index contributed by atoms with van der Waals surface area (Å²) in [6.07, 6.45) is 0.955. The van der Waals surface area contributed by atoms with Crippen molar-refractivity contribution in [3.63, 3.8) is 0 Å². The number of guanidine groups is 2. The molecule has 0 aliphatic carbocycles. The zero-order valence-corrected chi connectivity index (χ0v) is 16.0. The van der Waals surface area contributed by atoms with Crippen molar-refractivity contribution >= 4 is 33.6 Å². The monoisotopic (exact) mass is 418 g/mol. The predicted molar refractivity (Wildman–Crippen MR) is 105 cm³/mol. The van der Waals surface area contributed by atoms with E-state index in [4.69, 9.17) is 27.0 Å². The number of carbonyl (C=O) groups excluding carboxylic acids is 2. The molecule has 0 bridgehead atoms. The summed E-state index contributed by atoms with van der Waals surface area (Å²) in [5, 5.41) is 18.3. The third-order valence-electron chi connectivity index (χ3n) is 3.45. The Morgan fingerprint density at radius 2 is 1.38 bits per heavy atom. The van der Waals surface area contributed by atoms with Gasteiger partial charge < -0.3 is 16.2 Å². The fourth-order valence-electron chi connectivity index (χ4n) is 2.21. The van der Waals surface area contributed by atoms with Crippen LogP contribution in [-0.4, -0.2) is 38.4 Å². The van der Waals surface area contributed by atoms with Gasteiger partial charge >= 0.3 is 0 Å². The molecule has 2 aromatic rings. The lowest BCUT2D eigenvalue weighted by molar-refractivity contribution is 0.0967. The number of sulfone groups is 1. The van der Waals surface area contributed by atoms with Crippen LogP contribution < -0.4 is 26.8 Å². The van der Waals surface area contributed by atoms with Crippen molar-refractivity contribution in [2.45, 2.75) is 4.90 Å². The molecule has 2 aromatic carbocycles. The van der Waals surface area contributed by atoms with Gasteiger partial charge in [-0.2, -0.15) is 0 Å². The summed E-state index contributed by atoms with van der Waals surface area (Å²) in [5.41, 5.74) is 10.4. The van der Waals surface area contributed by atoms with E-state index in [9.17, 15) is 18.0 Å². The molecule has 0 atom stereocenters. The highest BCUT2D eigenvalue weighted by Gasteiger charge is 2.19. The quantitative estimate of drug-likeness (QED) is 0.292. The number of ether oxygens (including phenoxy) is 1. The van der Waals surface area contributed by atoms with Crippen LogP contribution in [0.15, 0.2) is 47.4 Å². The number of carbonyl (C=O) groups is 2. The van der Waals surface area contributed by atoms with Crippen molar-refractivity contribution in [2.24, 2.45) is 11.5 Å². The Bertz CT molecular complexity index is 1100. The number of hydrogen-bond acceptors (Lipinski definition) is 7. The first-order valence-corrected chi connectivity index (χ1v) is 9.79. The van der Waals surface area contributed by atoms with E-state index in [1.807, 2.05) is 0 Å². The number of nitrogens with two attached hydrogens (primary N) is 2. The van der Waals surface area contributed by atoms with Crippen LogP contribution in [0.5, 0.6) is 11.5 Å². The molecule has 0 aliphatic rings. The van der Waals surface area contributed by atoms with E-state index in [2.05, 4.69) is 10.6 Å². The molecule has 12 heteroatoms. The molecule has 0 saturated heterocycles. The third-order valence-corrected chi connectivity index (χ3v) is 4.56. The van der Waals surface area contributed by atoms with Crippen molar-refractivity contribution in [1.29, 1.82) is 10.8 Å². The molecule has 29 heavy (non-hydrogen) atoms. The maximum absolute atomic E-state index is 12.1. The van der Waals surface area contributed by atoms with E-state index < -0.39 is 33.6 Å². The standard InChI is InChI=1S/C17H18N6O5S/c1-29(26,27)13-8-10(15(25)23-17(20)21)4-7-12(13)28-11-5-2-9(3-6-11)14(24)22-16(18)19/h2-8H,1H3,(H4,18,19,22,24)(H4,20,21,23,25). The zero-order valence-electron chi connectivity index (χ0n) is 15.1. The van der Waals surface area contributed by atoms with Crippen LogP contribution >= 0.6 is 0 Å². The molecule has 0 fully saturated rings. The third kappa shape index (κ3) is 5.77. The highest BCUT2D eigenvalue weighted by molar-refractivity contribution is 7.90. The van der Waals surface area contributed by atoms with Gasteiger partial charge in [-0.25, -0.2) is 8.42 Å². The lowest BCUT2D eigenvalue weighted by Crippen LogP contribution is -2.35. The molecular weight excluding hydrogens is 400 g/mol. The Morgan fingerprint density at radius 3 is 1.86 bits per heavy atom. The molecular formula is C17H18N6O5S. The Labute approximate surface area is 166 Å². The second-order valence-corrected chi connectivity index (χ2v) is 7.78. The first kappa shape index (κ1) is 21.4. The van der Waals surface area contributed by atoms with Crippen LogP contribution in [0.3, 0.4) is 0 Å². The second-order valence-electron chi connectivity index (χ2n) is 5.80. The highest BCUT2D eigenvalue weighted by atomic mass is 32.2. The molecule has 0 radical (unpaired) electrons. The summed E-state index contributed by atoms with van der Waals surface area (Å²) in [7, 11) is -3.76. The van der Waals surface area contributed by atoms with Crippen molar-refractivity contribution in [2.75, 3.05) is 6.26 Å². The average Bonchev–Trinajstić information content (AvgIpc) is 2.60. The topological polar surface area (TPSA) is 201 Å².